The molecule has 7 aromatic carbocycles. The van der Waals surface area contributed by atoms with Crippen LogP contribution in [-0.2, 0) is 12.8 Å². The number of nitrogens with zero attached hydrogens (tertiary/aromatic N) is 1. The smallest absolute Gasteiger partial charge is 0.0464 e. The van der Waals surface area contributed by atoms with Crippen molar-refractivity contribution < 1.29 is 0 Å². The summed E-state index contributed by atoms with van der Waals surface area (Å²) in [6.45, 7) is 0. The fraction of sp³-hybridized carbons (Fsp3) is 0.0741. The highest BCUT2D eigenvalue weighted by Crippen LogP contribution is 2.37. The van der Waals surface area contributed by atoms with E-state index in [9.17, 15) is 0 Å². The van der Waals surface area contributed by atoms with Crippen LogP contribution in [0.15, 0.2) is 212 Å². The SMILES string of the molecule is C(/C=C/c1ccc(N(c2ccc(/C=C/C=C(c3ccccc3)c3ccccc3)cc2)c2ccc3c(c2)CCCC3)cc1)=C(c1ccccc1)c1ccccc1. The number of rotatable bonds is 11. The van der Waals surface area contributed by atoms with Gasteiger partial charge < -0.3 is 4.90 Å². The lowest BCUT2D eigenvalue weighted by Gasteiger charge is -2.27. The van der Waals surface area contributed by atoms with Crippen LogP contribution in [0.1, 0.15) is 57.3 Å². The van der Waals surface area contributed by atoms with Gasteiger partial charge in [-0.2, -0.15) is 0 Å². The molecule has 0 atom stereocenters. The number of aryl methyl sites for hydroxylation is 2. The molecule has 1 heteroatoms. The van der Waals surface area contributed by atoms with Crippen molar-refractivity contribution in [3.05, 3.63) is 257 Å². The van der Waals surface area contributed by atoms with Crippen LogP contribution in [0.2, 0.25) is 0 Å². The standard InChI is InChI=1S/C54H45N/c1-5-20-45(21-6-1)53(46-22-7-2-8-23-46)29-15-17-42-31-36-50(37-32-42)55(52-40-35-44-19-13-14-28-49(44)41-52)51-38-33-43(34-39-51)18-16-30-54(47-24-9-3-10-25-47)48-26-11-4-12-27-48/h1-12,15-18,20-27,29-41H,13-14,19,28H2/b17-15+,18-16+. The topological polar surface area (TPSA) is 3.24 Å². The second-order valence-corrected chi connectivity index (χ2v) is 14.0. The zero-order valence-corrected chi connectivity index (χ0v) is 31.1. The van der Waals surface area contributed by atoms with Gasteiger partial charge in [0.05, 0.1) is 0 Å². The Bertz CT molecular complexity index is 2190. The lowest BCUT2D eigenvalue weighted by Crippen LogP contribution is -2.12. The number of benzene rings is 7. The molecule has 0 saturated carbocycles. The fourth-order valence-electron chi connectivity index (χ4n) is 7.48. The van der Waals surface area contributed by atoms with Crippen LogP contribution >= 0.6 is 0 Å². The van der Waals surface area contributed by atoms with Crippen LogP contribution in [-0.4, -0.2) is 0 Å². The van der Waals surface area contributed by atoms with E-state index in [1.165, 1.54) is 69.5 Å². The third kappa shape index (κ3) is 8.75. The van der Waals surface area contributed by atoms with Crippen LogP contribution in [0.3, 0.4) is 0 Å². The van der Waals surface area contributed by atoms with Crippen molar-refractivity contribution in [2.45, 2.75) is 25.7 Å². The van der Waals surface area contributed by atoms with Gasteiger partial charge in [0, 0.05) is 17.1 Å². The molecule has 0 amide bonds. The lowest BCUT2D eigenvalue weighted by atomic mass is 9.91. The maximum absolute atomic E-state index is 2.41. The predicted octanol–water partition coefficient (Wildman–Crippen LogP) is 14.3. The zero-order chi connectivity index (χ0) is 37.1. The Kier molecular flexibility index (Phi) is 11.2. The first-order valence-corrected chi connectivity index (χ1v) is 19.4. The molecule has 7 aromatic rings. The maximum atomic E-state index is 2.41. The molecular weight excluding hydrogens is 663 g/mol. The quantitative estimate of drug-likeness (QED) is 0.121. The summed E-state index contributed by atoms with van der Waals surface area (Å²) in [5.74, 6) is 0. The average molecular weight is 708 g/mol. The number of hydrogen-bond acceptors (Lipinski definition) is 1. The van der Waals surface area contributed by atoms with E-state index in [1.54, 1.807) is 0 Å². The molecule has 0 N–H and O–H groups in total. The molecular formula is C54H45N. The molecule has 1 nitrogen and oxygen atoms in total. The Morgan fingerprint density at radius 1 is 0.364 bits per heavy atom. The summed E-state index contributed by atoms with van der Waals surface area (Å²) in [7, 11) is 0. The summed E-state index contributed by atoms with van der Waals surface area (Å²) >= 11 is 0. The number of hydrogen-bond donors (Lipinski definition) is 0. The third-order valence-electron chi connectivity index (χ3n) is 10.3. The van der Waals surface area contributed by atoms with Crippen LogP contribution < -0.4 is 4.90 Å². The monoisotopic (exact) mass is 707 g/mol. The highest BCUT2D eigenvalue weighted by atomic mass is 15.1. The molecule has 0 spiro atoms. The van der Waals surface area contributed by atoms with Crippen molar-refractivity contribution in [3.63, 3.8) is 0 Å². The average Bonchev–Trinajstić information content (AvgIpc) is 3.26. The summed E-state index contributed by atoms with van der Waals surface area (Å²) in [4.78, 5) is 2.39. The summed E-state index contributed by atoms with van der Waals surface area (Å²) in [5, 5.41) is 0. The molecule has 0 radical (unpaired) electrons. The van der Waals surface area contributed by atoms with Crippen molar-refractivity contribution in [2.24, 2.45) is 0 Å². The molecule has 0 unspecified atom stereocenters. The van der Waals surface area contributed by atoms with E-state index in [1.807, 2.05) is 0 Å². The molecule has 0 bridgehead atoms. The molecule has 8 rings (SSSR count). The van der Waals surface area contributed by atoms with E-state index in [-0.39, 0.29) is 0 Å². The van der Waals surface area contributed by atoms with E-state index >= 15 is 0 Å². The van der Waals surface area contributed by atoms with Gasteiger partial charge in [-0.3, -0.25) is 0 Å². The second kappa shape index (κ2) is 17.4. The highest BCUT2D eigenvalue weighted by Gasteiger charge is 2.16. The molecule has 0 heterocycles. The summed E-state index contributed by atoms with van der Waals surface area (Å²) in [6.07, 6.45) is 18.0. The van der Waals surface area contributed by atoms with E-state index < -0.39 is 0 Å². The van der Waals surface area contributed by atoms with Crippen LogP contribution in [0.25, 0.3) is 23.3 Å². The van der Waals surface area contributed by atoms with Crippen molar-refractivity contribution in [2.75, 3.05) is 4.90 Å². The van der Waals surface area contributed by atoms with Gasteiger partial charge in [-0.1, -0.05) is 188 Å². The summed E-state index contributed by atoms with van der Waals surface area (Å²) in [6, 6.07) is 67.3. The van der Waals surface area contributed by atoms with Gasteiger partial charge in [-0.15, -0.1) is 0 Å². The zero-order valence-electron chi connectivity index (χ0n) is 31.1. The molecule has 0 saturated heterocycles. The Hall–Kier alpha value is -6.70. The first-order chi connectivity index (χ1) is 27.3. The van der Waals surface area contributed by atoms with E-state index in [4.69, 9.17) is 0 Å². The molecule has 0 aliphatic heterocycles. The van der Waals surface area contributed by atoms with Gasteiger partial charge in [0.15, 0.2) is 0 Å². The Morgan fingerprint density at radius 2 is 0.727 bits per heavy atom. The van der Waals surface area contributed by atoms with Crippen LogP contribution in [0, 0.1) is 0 Å². The molecule has 1 aliphatic carbocycles. The van der Waals surface area contributed by atoms with E-state index in [0.29, 0.717) is 0 Å². The van der Waals surface area contributed by atoms with Crippen LogP contribution in [0.5, 0.6) is 0 Å². The maximum Gasteiger partial charge on any atom is 0.0464 e. The highest BCUT2D eigenvalue weighted by molar-refractivity contribution is 5.83. The molecule has 0 fully saturated rings. The summed E-state index contributed by atoms with van der Waals surface area (Å²) < 4.78 is 0. The van der Waals surface area contributed by atoms with Crippen molar-refractivity contribution in [3.8, 4) is 0 Å². The van der Waals surface area contributed by atoms with Gasteiger partial charge in [-0.25, -0.2) is 0 Å². The normalized spacial score (nSPS) is 12.3. The largest absolute Gasteiger partial charge is 0.310 e. The van der Waals surface area contributed by atoms with Crippen LogP contribution in [0.4, 0.5) is 17.1 Å². The Labute approximate surface area is 326 Å². The first-order valence-electron chi connectivity index (χ1n) is 19.4. The lowest BCUT2D eigenvalue weighted by molar-refractivity contribution is 0.685. The molecule has 55 heavy (non-hydrogen) atoms. The minimum absolute atomic E-state index is 1.14. The minimum atomic E-state index is 1.14. The van der Waals surface area contributed by atoms with Crippen molar-refractivity contribution in [1.82, 2.24) is 0 Å². The van der Waals surface area contributed by atoms with Gasteiger partial charge >= 0.3 is 0 Å². The van der Waals surface area contributed by atoms with Crippen molar-refractivity contribution >= 4 is 40.4 Å². The summed E-state index contributed by atoms with van der Waals surface area (Å²) in [5.41, 5.74) is 16.0. The van der Waals surface area contributed by atoms with E-state index in [2.05, 4.69) is 229 Å². The number of anilines is 3. The predicted molar refractivity (Wildman–Crippen MR) is 236 cm³/mol. The fourth-order valence-corrected chi connectivity index (χ4v) is 7.48. The molecule has 1 aliphatic rings. The van der Waals surface area contributed by atoms with Gasteiger partial charge in [0.2, 0.25) is 0 Å². The van der Waals surface area contributed by atoms with Gasteiger partial charge in [0.25, 0.3) is 0 Å². The third-order valence-corrected chi connectivity index (χ3v) is 10.3. The molecule has 266 valence electrons. The van der Waals surface area contributed by atoms with Gasteiger partial charge in [0.1, 0.15) is 0 Å². The first kappa shape index (κ1) is 35.3. The minimum Gasteiger partial charge on any atom is -0.310 e. The number of fused-ring (bicyclic) bond motifs is 1. The Balaban J connectivity index is 1.07. The second-order valence-electron chi connectivity index (χ2n) is 14.0. The van der Waals surface area contributed by atoms with Crippen molar-refractivity contribution in [1.29, 1.82) is 0 Å². The number of allylic oxidation sites excluding steroid dienone is 4. The van der Waals surface area contributed by atoms with Gasteiger partial charge in [-0.05, 0) is 118 Å². The molecule has 0 aromatic heterocycles. The van der Waals surface area contributed by atoms with E-state index in [0.717, 1.165) is 28.9 Å². The Morgan fingerprint density at radius 3 is 1.13 bits per heavy atom.